The molecule has 0 aliphatic heterocycles. The van der Waals surface area contributed by atoms with Crippen molar-refractivity contribution >= 4 is 23.4 Å². The SMILES string of the molecule is Cc1ccccc1C(=O)NCCNC(=O)c1ccc(NC(=O)C(C)C)cc1. The first-order valence-corrected chi connectivity index (χ1v) is 8.91. The number of carbonyl (C=O) groups excluding carboxylic acids is 3. The van der Waals surface area contributed by atoms with Crippen molar-refractivity contribution in [3.8, 4) is 0 Å². The Morgan fingerprint density at radius 2 is 1.44 bits per heavy atom. The van der Waals surface area contributed by atoms with E-state index in [1.54, 1.807) is 30.3 Å². The van der Waals surface area contributed by atoms with Crippen molar-refractivity contribution in [1.29, 1.82) is 0 Å². The second-order valence-corrected chi connectivity index (χ2v) is 6.55. The zero-order valence-electron chi connectivity index (χ0n) is 15.8. The van der Waals surface area contributed by atoms with Crippen molar-refractivity contribution in [2.75, 3.05) is 18.4 Å². The molecular formula is C21H25N3O3. The first kappa shape index (κ1) is 20.2. The van der Waals surface area contributed by atoms with Gasteiger partial charge >= 0.3 is 0 Å². The molecule has 3 amide bonds. The van der Waals surface area contributed by atoms with Crippen LogP contribution in [-0.2, 0) is 4.79 Å². The Kier molecular flexibility index (Phi) is 7.11. The molecular weight excluding hydrogens is 342 g/mol. The number of amides is 3. The van der Waals surface area contributed by atoms with Gasteiger partial charge < -0.3 is 16.0 Å². The molecule has 0 bridgehead atoms. The van der Waals surface area contributed by atoms with Crippen LogP contribution >= 0.6 is 0 Å². The summed E-state index contributed by atoms with van der Waals surface area (Å²) in [5.74, 6) is -0.575. The summed E-state index contributed by atoms with van der Waals surface area (Å²) in [7, 11) is 0. The fourth-order valence-corrected chi connectivity index (χ4v) is 2.37. The van der Waals surface area contributed by atoms with E-state index in [4.69, 9.17) is 0 Å². The highest BCUT2D eigenvalue weighted by Gasteiger charge is 2.10. The van der Waals surface area contributed by atoms with Gasteiger partial charge in [0.1, 0.15) is 0 Å². The molecule has 142 valence electrons. The van der Waals surface area contributed by atoms with Gasteiger partial charge in [0.2, 0.25) is 5.91 Å². The van der Waals surface area contributed by atoms with E-state index in [0.717, 1.165) is 5.56 Å². The average molecular weight is 367 g/mol. The van der Waals surface area contributed by atoms with Gasteiger partial charge in [-0.25, -0.2) is 0 Å². The molecule has 0 saturated heterocycles. The maximum Gasteiger partial charge on any atom is 0.251 e. The third-order valence-corrected chi connectivity index (χ3v) is 4.02. The molecule has 0 heterocycles. The summed E-state index contributed by atoms with van der Waals surface area (Å²) in [5, 5.41) is 8.32. The van der Waals surface area contributed by atoms with E-state index in [1.165, 1.54) is 0 Å². The van der Waals surface area contributed by atoms with Gasteiger partial charge in [0.25, 0.3) is 11.8 Å². The fraction of sp³-hybridized carbons (Fsp3) is 0.286. The van der Waals surface area contributed by atoms with Crippen LogP contribution in [0.15, 0.2) is 48.5 Å². The van der Waals surface area contributed by atoms with E-state index < -0.39 is 0 Å². The highest BCUT2D eigenvalue weighted by atomic mass is 16.2. The Hall–Kier alpha value is -3.15. The Morgan fingerprint density at radius 1 is 0.852 bits per heavy atom. The van der Waals surface area contributed by atoms with E-state index in [-0.39, 0.29) is 23.6 Å². The smallest absolute Gasteiger partial charge is 0.251 e. The molecule has 0 unspecified atom stereocenters. The van der Waals surface area contributed by atoms with Crippen molar-refractivity contribution < 1.29 is 14.4 Å². The number of anilines is 1. The zero-order valence-corrected chi connectivity index (χ0v) is 15.8. The summed E-state index contributed by atoms with van der Waals surface area (Å²) in [6.07, 6.45) is 0. The van der Waals surface area contributed by atoms with Crippen LogP contribution < -0.4 is 16.0 Å². The van der Waals surface area contributed by atoms with Gasteiger partial charge in [-0.3, -0.25) is 14.4 Å². The van der Waals surface area contributed by atoms with Gasteiger partial charge in [-0.05, 0) is 42.8 Å². The van der Waals surface area contributed by atoms with E-state index in [2.05, 4.69) is 16.0 Å². The number of rotatable bonds is 7. The molecule has 0 spiro atoms. The molecule has 0 atom stereocenters. The normalized spacial score (nSPS) is 10.4. The third-order valence-electron chi connectivity index (χ3n) is 4.02. The number of aryl methyl sites for hydroxylation is 1. The predicted octanol–water partition coefficient (Wildman–Crippen LogP) is 2.75. The van der Waals surface area contributed by atoms with E-state index in [1.807, 2.05) is 39.0 Å². The Labute approximate surface area is 159 Å². The largest absolute Gasteiger partial charge is 0.350 e. The Morgan fingerprint density at radius 3 is 2.04 bits per heavy atom. The van der Waals surface area contributed by atoms with Crippen LogP contribution in [0.3, 0.4) is 0 Å². The fourth-order valence-electron chi connectivity index (χ4n) is 2.37. The minimum Gasteiger partial charge on any atom is -0.350 e. The lowest BCUT2D eigenvalue weighted by Gasteiger charge is -2.10. The van der Waals surface area contributed by atoms with E-state index in [0.29, 0.717) is 29.9 Å². The standard InChI is InChI=1S/C21H25N3O3/c1-14(2)19(25)24-17-10-8-16(9-11-17)20(26)22-12-13-23-21(27)18-7-5-4-6-15(18)3/h4-11,14H,12-13H2,1-3H3,(H,22,26)(H,23,27)(H,24,25). The van der Waals surface area contributed by atoms with Crippen molar-refractivity contribution in [2.45, 2.75) is 20.8 Å². The Bertz CT molecular complexity index is 814. The summed E-state index contributed by atoms with van der Waals surface area (Å²) < 4.78 is 0. The molecule has 27 heavy (non-hydrogen) atoms. The molecule has 0 fully saturated rings. The van der Waals surface area contributed by atoms with Crippen molar-refractivity contribution in [1.82, 2.24) is 10.6 Å². The molecule has 0 saturated carbocycles. The molecule has 0 aliphatic carbocycles. The number of nitrogens with one attached hydrogen (secondary N) is 3. The van der Waals surface area contributed by atoms with Gasteiger partial charge in [0.15, 0.2) is 0 Å². The first-order chi connectivity index (χ1) is 12.9. The van der Waals surface area contributed by atoms with Gasteiger partial charge in [-0.15, -0.1) is 0 Å². The van der Waals surface area contributed by atoms with Gasteiger partial charge in [0, 0.05) is 35.8 Å². The lowest BCUT2D eigenvalue weighted by atomic mass is 10.1. The molecule has 6 nitrogen and oxygen atoms in total. The quantitative estimate of drug-likeness (QED) is 0.658. The molecule has 0 radical (unpaired) electrons. The van der Waals surface area contributed by atoms with Crippen LogP contribution in [-0.4, -0.2) is 30.8 Å². The number of carbonyl (C=O) groups is 3. The Balaban J connectivity index is 1.78. The monoisotopic (exact) mass is 367 g/mol. The highest BCUT2D eigenvalue weighted by Crippen LogP contribution is 2.11. The van der Waals surface area contributed by atoms with Gasteiger partial charge in [-0.1, -0.05) is 32.0 Å². The average Bonchev–Trinajstić information content (AvgIpc) is 2.65. The molecule has 2 aromatic rings. The van der Waals surface area contributed by atoms with Crippen LogP contribution in [0.1, 0.15) is 40.1 Å². The van der Waals surface area contributed by atoms with Crippen molar-refractivity contribution in [3.05, 3.63) is 65.2 Å². The molecule has 2 aromatic carbocycles. The van der Waals surface area contributed by atoms with Crippen molar-refractivity contribution in [2.24, 2.45) is 5.92 Å². The van der Waals surface area contributed by atoms with Gasteiger partial charge in [0.05, 0.1) is 0 Å². The summed E-state index contributed by atoms with van der Waals surface area (Å²) >= 11 is 0. The third kappa shape index (κ3) is 5.95. The number of benzene rings is 2. The molecule has 3 N–H and O–H groups in total. The molecule has 0 aromatic heterocycles. The van der Waals surface area contributed by atoms with Crippen LogP contribution in [0, 0.1) is 12.8 Å². The minimum absolute atomic E-state index is 0.0726. The topological polar surface area (TPSA) is 87.3 Å². The van der Waals surface area contributed by atoms with Crippen LogP contribution in [0.5, 0.6) is 0 Å². The molecule has 0 aliphatic rings. The molecule has 2 rings (SSSR count). The summed E-state index contributed by atoms with van der Waals surface area (Å²) in [6, 6.07) is 14.0. The zero-order chi connectivity index (χ0) is 19.8. The minimum atomic E-state index is -0.234. The number of hydrogen-bond acceptors (Lipinski definition) is 3. The van der Waals surface area contributed by atoms with Crippen LogP contribution in [0.25, 0.3) is 0 Å². The first-order valence-electron chi connectivity index (χ1n) is 8.91. The van der Waals surface area contributed by atoms with Crippen LogP contribution in [0.4, 0.5) is 5.69 Å². The van der Waals surface area contributed by atoms with E-state index in [9.17, 15) is 14.4 Å². The number of hydrogen-bond donors (Lipinski definition) is 3. The summed E-state index contributed by atoms with van der Waals surface area (Å²) in [6.45, 7) is 6.16. The maximum absolute atomic E-state index is 12.1. The second kappa shape index (κ2) is 9.52. The van der Waals surface area contributed by atoms with Crippen LogP contribution in [0.2, 0.25) is 0 Å². The highest BCUT2D eigenvalue weighted by molar-refractivity contribution is 5.97. The van der Waals surface area contributed by atoms with Crippen molar-refractivity contribution in [3.63, 3.8) is 0 Å². The lowest BCUT2D eigenvalue weighted by Crippen LogP contribution is -2.34. The maximum atomic E-state index is 12.1. The second-order valence-electron chi connectivity index (χ2n) is 6.55. The van der Waals surface area contributed by atoms with Gasteiger partial charge in [-0.2, -0.15) is 0 Å². The summed E-state index contributed by atoms with van der Waals surface area (Å²) in [4.78, 5) is 35.9. The van der Waals surface area contributed by atoms with E-state index >= 15 is 0 Å². The summed E-state index contributed by atoms with van der Waals surface area (Å²) in [5.41, 5.74) is 2.67. The molecule has 6 heteroatoms. The lowest BCUT2D eigenvalue weighted by molar-refractivity contribution is -0.118. The predicted molar refractivity (Wildman–Crippen MR) is 106 cm³/mol.